The highest BCUT2D eigenvalue weighted by molar-refractivity contribution is 8.00. The van der Waals surface area contributed by atoms with E-state index in [4.69, 9.17) is 0 Å². The lowest BCUT2D eigenvalue weighted by Crippen LogP contribution is -2.38. The fraction of sp³-hybridized carbons (Fsp3) is 0.278. The smallest absolute Gasteiger partial charge is 0.237 e. The number of para-hydroxylation sites is 1. The van der Waals surface area contributed by atoms with Crippen molar-refractivity contribution in [3.8, 4) is 0 Å². The molecule has 0 saturated carbocycles. The molecule has 2 aromatic rings. The molecule has 0 heterocycles. The second-order valence-corrected chi connectivity index (χ2v) is 6.38. The number of carbonyl (C=O) groups is 1. The van der Waals surface area contributed by atoms with E-state index in [1.54, 1.807) is 23.1 Å². The molecule has 2 aromatic carbocycles. The van der Waals surface area contributed by atoms with Crippen LogP contribution in [0, 0.1) is 12.7 Å². The Hall–Kier alpha value is -1.81. The summed E-state index contributed by atoms with van der Waals surface area (Å²) in [6.07, 6.45) is 0. The van der Waals surface area contributed by atoms with Gasteiger partial charge in [0.15, 0.2) is 0 Å². The van der Waals surface area contributed by atoms with Gasteiger partial charge in [-0.25, -0.2) is 4.39 Å². The van der Waals surface area contributed by atoms with E-state index in [0.717, 1.165) is 11.3 Å². The van der Waals surface area contributed by atoms with Crippen LogP contribution in [0.15, 0.2) is 53.4 Å². The molecular formula is C18H20FNOS. The number of halogens is 1. The number of hydrogen-bond donors (Lipinski definition) is 0. The van der Waals surface area contributed by atoms with Crippen LogP contribution in [0.25, 0.3) is 0 Å². The maximum absolute atomic E-state index is 13.6. The lowest BCUT2D eigenvalue weighted by atomic mass is 10.1. The first-order valence-corrected chi connectivity index (χ1v) is 8.24. The van der Waals surface area contributed by atoms with Gasteiger partial charge in [0.05, 0.1) is 5.75 Å². The highest BCUT2D eigenvalue weighted by Crippen LogP contribution is 2.26. The summed E-state index contributed by atoms with van der Waals surface area (Å²) in [5.74, 6) is -0.0854. The molecule has 0 fully saturated rings. The van der Waals surface area contributed by atoms with Crippen LogP contribution in [-0.2, 0) is 4.79 Å². The van der Waals surface area contributed by atoms with Crippen molar-refractivity contribution in [2.24, 2.45) is 0 Å². The first-order valence-electron chi connectivity index (χ1n) is 7.25. The van der Waals surface area contributed by atoms with E-state index in [1.807, 2.05) is 45.0 Å². The van der Waals surface area contributed by atoms with E-state index in [9.17, 15) is 9.18 Å². The summed E-state index contributed by atoms with van der Waals surface area (Å²) in [4.78, 5) is 14.9. The second-order valence-electron chi connectivity index (χ2n) is 5.36. The minimum absolute atomic E-state index is 0.0162. The van der Waals surface area contributed by atoms with Gasteiger partial charge in [0.25, 0.3) is 0 Å². The molecular weight excluding hydrogens is 297 g/mol. The van der Waals surface area contributed by atoms with Gasteiger partial charge in [-0.2, -0.15) is 0 Å². The predicted molar refractivity (Wildman–Crippen MR) is 90.9 cm³/mol. The van der Waals surface area contributed by atoms with Gasteiger partial charge >= 0.3 is 0 Å². The lowest BCUT2D eigenvalue weighted by Gasteiger charge is -2.28. The molecule has 116 valence electrons. The van der Waals surface area contributed by atoms with Gasteiger partial charge in [-0.15, -0.1) is 11.8 Å². The largest absolute Gasteiger partial charge is 0.309 e. The fourth-order valence-corrected chi connectivity index (χ4v) is 3.10. The maximum Gasteiger partial charge on any atom is 0.237 e. The third kappa shape index (κ3) is 3.89. The maximum atomic E-state index is 13.6. The average molecular weight is 317 g/mol. The molecule has 0 unspecified atom stereocenters. The van der Waals surface area contributed by atoms with Crippen molar-refractivity contribution in [3.63, 3.8) is 0 Å². The van der Waals surface area contributed by atoms with Crippen LogP contribution in [0.2, 0.25) is 0 Å². The Morgan fingerprint density at radius 3 is 2.41 bits per heavy atom. The third-order valence-corrected chi connectivity index (χ3v) is 4.38. The van der Waals surface area contributed by atoms with E-state index < -0.39 is 0 Å². The van der Waals surface area contributed by atoms with Gasteiger partial charge < -0.3 is 4.90 Å². The first kappa shape index (κ1) is 16.6. The minimum atomic E-state index is -0.285. The number of carbonyl (C=O) groups excluding carboxylic acids is 1. The molecule has 0 aliphatic rings. The second kappa shape index (κ2) is 7.45. The fourth-order valence-electron chi connectivity index (χ4n) is 2.31. The monoisotopic (exact) mass is 317 g/mol. The average Bonchev–Trinajstić information content (AvgIpc) is 2.48. The van der Waals surface area contributed by atoms with E-state index in [2.05, 4.69) is 0 Å². The van der Waals surface area contributed by atoms with Crippen molar-refractivity contribution in [2.45, 2.75) is 31.7 Å². The normalized spacial score (nSPS) is 10.8. The molecule has 0 atom stereocenters. The number of hydrogen-bond acceptors (Lipinski definition) is 2. The Kier molecular flexibility index (Phi) is 5.61. The molecule has 0 saturated heterocycles. The highest BCUT2D eigenvalue weighted by Gasteiger charge is 2.20. The molecule has 0 aromatic heterocycles. The van der Waals surface area contributed by atoms with Gasteiger partial charge in [-0.1, -0.05) is 30.3 Å². The summed E-state index contributed by atoms with van der Waals surface area (Å²) >= 11 is 1.24. The number of thioether (sulfide) groups is 1. The molecule has 0 spiro atoms. The molecule has 1 amide bonds. The number of amides is 1. The van der Waals surface area contributed by atoms with Crippen molar-refractivity contribution in [1.29, 1.82) is 0 Å². The quantitative estimate of drug-likeness (QED) is 0.747. The van der Waals surface area contributed by atoms with Crippen molar-refractivity contribution in [1.82, 2.24) is 0 Å². The van der Waals surface area contributed by atoms with Crippen LogP contribution < -0.4 is 4.90 Å². The first-order chi connectivity index (χ1) is 10.5. The molecule has 4 heteroatoms. The van der Waals surface area contributed by atoms with Crippen LogP contribution in [0.3, 0.4) is 0 Å². The van der Waals surface area contributed by atoms with Gasteiger partial charge in [0.1, 0.15) is 5.82 Å². The molecule has 0 aliphatic carbocycles. The van der Waals surface area contributed by atoms with Crippen molar-refractivity contribution >= 4 is 23.4 Å². The third-order valence-electron chi connectivity index (χ3n) is 3.35. The Labute approximate surface area is 135 Å². The summed E-state index contributed by atoms with van der Waals surface area (Å²) in [6.45, 7) is 5.96. The van der Waals surface area contributed by atoms with Crippen LogP contribution in [-0.4, -0.2) is 17.7 Å². The van der Waals surface area contributed by atoms with Crippen LogP contribution in [0.5, 0.6) is 0 Å². The van der Waals surface area contributed by atoms with E-state index >= 15 is 0 Å². The van der Waals surface area contributed by atoms with E-state index in [-0.39, 0.29) is 23.5 Å². The number of rotatable bonds is 5. The molecule has 0 radical (unpaired) electrons. The van der Waals surface area contributed by atoms with Gasteiger partial charge in [-0.3, -0.25) is 4.79 Å². The van der Waals surface area contributed by atoms with Crippen molar-refractivity contribution < 1.29 is 9.18 Å². The van der Waals surface area contributed by atoms with E-state index in [1.165, 1.54) is 17.8 Å². The van der Waals surface area contributed by atoms with Crippen LogP contribution in [0.4, 0.5) is 10.1 Å². The summed E-state index contributed by atoms with van der Waals surface area (Å²) in [7, 11) is 0. The Balaban J connectivity index is 2.15. The standard InChI is InChI=1S/C18H20FNOS/c1-13(2)20(16-10-6-4-8-14(16)3)18(21)12-22-17-11-7-5-9-15(17)19/h4-11,13H,12H2,1-3H3. The Bertz CT molecular complexity index is 657. The van der Waals surface area contributed by atoms with Gasteiger partial charge in [0, 0.05) is 16.6 Å². The zero-order valence-electron chi connectivity index (χ0n) is 13.0. The molecule has 22 heavy (non-hydrogen) atoms. The zero-order valence-corrected chi connectivity index (χ0v) is 13.9. The minimum Gasteiger partial charge on any atom is -0.309 e. The molecule has 0 aliphatic heterocycles. The number of aryl methyl sites for hydroxylation is 1. The van der Waals surface area contributed by atoms with Crippen molar-refractivity contribution in [3.05, 3.63) is 59.9 Å². The number of benzene rings is 2. The summed E-state index contributed by atoms with van der Waals surface area (Å²) in [5.41, 5.74) is 1.97. The highest BCUT2D eigenvalue weighted by atomic mass is 32.2. The number of anilines is 1. The lowest BCUT2D eigenvalue weighted by molar-refractivity contribution is -0.116. The van der Waals surface area contributed by atoms with E-state index in [0.29, 0.717) is 4.90 Å². The van der Waals surface area contributed by atoms with Crippen LogP contribution >= 0.6 is 11.8 Å². The molecule has 2 rings (SSSR count). The molecule has 0 bridgehead atoms. The van der Waals surface area contributed by atoms with Gasteiger partial charge in [0.2, 0.25) is 5.91 Å². The molecule has 0 N–H and O–H groups in total. The summed E-state index contributed by atoms with van der Waals surface area (Å²) in [5, 5.41) is 0. The van der Waals surface area contributed by atoms with Crippen molar-refractivity contribution in [2.75, 3.05) is 10.7 Å². The SMILES string of the molecule is Cc1ccccc1N(C(=O)CSc1ccccc1F)C(C)C. The summed E-state index contributed by atoms with van der Waals surface area (Å²) < 4.78 is 13.6. The van der Waals surface area contributed by atoms with Gasteiger partial charge in [-0.05, 0) is 44.5 Å². The molecule has 2 nitrogen and oxygen atoms in total. The van der Waals surface area contributed by atoms with Crippen LogP contribution in [0.1, 0.15) is 19.4 Å². The summed E-state index contributed by atoms with van der Waals surface area (Å²) in [6, 6.07) is 14.4. The Morgan fingerprint density at radius 2 is 1.77 bits per heavy atom. The number of nitrogens with zero attached hydrogens (tertiary/aromatic N) is 1. The predicted octanol–water partition coefficient (Wildman–Crippen LogP) is 4.67. The zero-order chi connectivity index (χ0) is 16.1. The Morgan fingerprint density at radius 1 is 1.14 bits per heavy atom. The topological polar surface area (TPSA) is 20.3 Å².